The number of hydrogen-bond donors (Lipinski definition) is 1. The van der Waals surface area contributed by atoms with Crippen molar-refractivity contribution in [1.29, 1.82) is 0 Å². The highest BCUT2D eigenvalue weighted by molar-refractivity contribution is 6.44. The molecule has 122 valence electrons. The highest BCUT2D eigenvalue weighted by atomic mass is 35.5. The molecule has 2 rings (SSSR count). The lowest BCUT2D eigenvalue weighted by atomic mass is 10.1. The molecule has 1 aromatic rings. The summed E-state index contributed by atoms with van der Waals surface area (Å²) in [5.41, 5.74) is 1.11. The Morgan fingerprint density at radius 2 is 1.86 bits per heavy atom. The number of hydrogen-bond acceptors (Lipinski definition) is 1. The molecular weight excluding hydrogens is 326 g/mol. The first-order valence-corrected chi connectivity index (χ1v) is 8.46. The Bertz CT molecular complexity index is 517. The molecule has 0 aromatic heterocycles. The fourth-order valence-corrected chi connectivity index (χ4v) is 3.01. The van der Waals surface area contributed by atoms with Gasteiger partial charge in [0.05, 0.1) is 6.04 Å². The van der Waals surface area contributed by atoms with E-state index in [4.69, 9.17) is 23.2 Å². The summed E-state index contributed by atoms with van der Waals surface area (Å²) in [6.07, 6.45) is 4.29. The fourth-order valence-electron chi connectivity index (χ4n) is 2.59. The Balaban J connectivity index is 2.10. The van der Waals surface area contributed by atoms with E-state index in [0.29, 0.717) is 11.1 Å². The summed E-state index contributed by atoms with van der Waals surface area (Å²) in [6.45, 7) is 3.15. The molecule has 0 saturated carbocycles. The first kappa shape index (κ1) is 17.4. The van der Waals surface area contributed by atoms with Crippen LogP contribution in [0.3, 0.4) is 0 Å². The summed E-state index contributed by atoms with van der Waals surface area (Å²) in [4.78, 5) is 13.3. The number of likely N-dealkylation sites (tertiary alicyclic amines) is 1. The molecule has 1 saturated heterocycles. The van der Waals surface area contributed by atoms with E-state index in [2.05, 4.69) is 5.32 Å². The van der Waals surface area contributed by atoms with Gasteiger partial charge in [0, 0.05) is 13.1 Å². The number of carbonyl (C=O) groups excluding carboxylic acids is 1. The molecule has 1 aliphatic rings. The summed E-state index contributed by atoms with van der Waals surface area (Å²) in [5, 5.41) is 2.83. The van der Waals surface area contributed by atoms with Crippen LogP contribution in [0.1, 0.15) is 42.9 Å². The van der Waals surface area contributed by atoms with E-state index in [1.54, 1.807) is 24.0 Å². The van der Waals surface area contributed by atoms with Crippen molar-refractivity contribution < 1.29 is 9.18 Å². The maximum atomic E-state index is 13.7. The summed E-state index contributed by atoms with van der Waals surface area (Å²) in [6, 6.07) is 3.95. The van der Waals surface area contributed by atoms with Gasteiger partial charge < -0.3 is 10.2 Å². The Kier molecular flexibility index (Phi) is 6.33. The van der Waals surface area contributed by atoms with Crippen LogP contribution in [0.4, 0.5) is 9.18 Å². The van der Waals surface area contributed by atoms with E-state index in [0.717, 1.165) is 38.8 Å². The summed E-state index contributed by atoms with van der Waals surface area (Å²) in [5.74, 6) is -0.333. The predicted octanol–water partition coefficient (Wildman–Crippen LogP) is 4.56. The van der Waals surface area contributed by atoms with Gasteiger partial charge in [0.2, 0.25) is 0 Å². The molecule has 6 heteroatoms. The van der Waals surface area contributed by atoms with Crippen LogP contribution in [0.25, 0.3) is 0 Å². The van der Waals surface area contributed by atoms with E-state index in [-0.39, 0.29) is 11.8 Å². The van der Waals surface area contributed by atoms with Gasteiger partial charge in [0.15, 0.2) is 0 Å². The summed E-state index contributed by atoms with van der Waals surface area (Å²) >= 11 is 12.0. The Morgan fingerprint density at radius 3 is 2.41 bits per heavy atom. The van der Waals surface area contributed by atoms with Gasteiger partial charge in [-0.15, -0.1) is 23.2 Å². The van der Waals surface area contributed by atoms with Gasteiger partial charge in [0.25, 0.3) is 0 Å². The molecule has 1 N–H and O–H groups in total. The minimum absolute atomic E-state index is 0.195. The first-order chi connectivity index (χ1) is 10.5. The van der Waals surface area contributed by atoms with Crippen LogP contribution in [0, 0.1) is 12.7 Å². The summed E-state index contributed by atoms with van der Waals surface area (Å²) in [7, 11) is 0. The average Bonchev–Trinajstić information content (AvgIpc) is 2.76. The fraction of sp³-hybridized carbons (Fsp3) is 0.562. The number of nitrogens with one attached hydrogen (secondary N) is 1. The van der Waals surface area contributed by atoms with Crippen LogP contribution >= 0.6 is 23.2 Å². The molecule has 22 heavy (non-hydrogen) atoms. The van der Waals surface area contributed by atoms with Crippen LogP contribution in [-0.2, 0) is 0 Å². The topological polar surface area (TPSA) is 32.3 Å². The van der Waals surface area contributed by atoms with Crippen molar-refractivity contribution in [2.75, 3.05) is 13.1 Å². The van der Waals surface area contributed by atoms with Crippen molar-refractivity contribution in [2.45, 2.75) is 43.5 Å². The molecule has 1 atom stereocenters. The SMILES string of the molecule is Cc1ccc([C@H](NC(=O)N2CCCCCC2)C(Cl)Cl)cc1F. The van der Waals surface area contributed by atoms with Gasteiger partial charge in [-0.25, -0.2) is 9.18 Å². The van der Waals surface area contributed by atoms with E-state index in [9.17, 15) is 9.18 Å². The Labute approximate surface area is 140 Å². The average molecular weight is 347 g/mol. The van der Waals surface area contributed by atoms with Gasteiger partial charge >= 0.3 is 6.03 Å². The van der Waals surface area contributed by atoms with Crippen LogP contribution in [0.2, 0.25) is 0 Å². The number of alkyl halides is 2. The van der Waals surface area contributed by atoms with Gasteiger partial charge in [-0.2, -0.15) is 0 Å². The van der Waals surface area contributed by atoms with E-state index >= 15 is 0 Å². The molecule has 1 fully saturated rings. The third-order valence-corrected chi connectivity index (χ3v) is 4.48. The maximum Gasteiger partial charge on any atom is 0.317 e. The minimum atomic E-state index is -0.849. The highest BCUT2D eigenvalue weighted by Gasteiger charge is 2.25. The number of rotatable bonds is 3. The molecule has 3 nitrogen and oxygen atoms in total. The molecule has 2 amide bonds. The third kappa shape index (κ3) is 4.50. The lowest BCUT2D eigenvalue weighted by molar-refractivity contribution is 0.196. The van der Waals surface area contributed by atoms with Gasteiger partial charge in [-0.05, 0) is 37.0 Å². The Hall–Kier alpha value is -1.00. The zero-order valence-electron chi connectivity index (χ0n) is 12.6. The maximum absolute atomic E-state index is 13.7. The molecular formula is C16H21Cl2FN2O. The van der Waals surface area contributed by atoms with Crippen molar-refractivity contribution in [3.63, 3.8) is 0 Å². The number of aryl methyl sites for hydroxylation is 1. The first-order valence-electron chi connectivity index (χ1n) is 7.58. The van der Waals surface area contributed by atoms with Crippen LogP contribution in [-0.4, -0.2) is 28.9 Å². The molecule has 0 bridgehead atoms. The standard InChI is InChI=1S/C16H21Cl2FN2O/c1-11-6-7-12(10-13(11)19)14(15(17)18)20-16(22)21-8-4-2-3-5-9-21/h6-7,10,14-15H,2-5,8-9H2,1H3,(H,20,22)/t14-/m0/s1. The molecule has 1 heterocycles. The number of amides is 2. The van der Waals surface area contributed by atoms with Crippen LogP contribution in [0.5, 0.6) is 0 Å². The van der Waals surface area contributed by atoms with Crippen molar-refractivity contribution in [1.82, 2.24) is 10.2 Å². The van der Waals surface area contributed by atoms with Crippen molar-refractivity contribution in [3.05, 3.63) is 35.1 Å². The molecule has 0 radical (unpaired) electrons. The second-order valence-electron chi connectivity index (χ2n) is 5.67. The van der Waals surface area contributed by atoms with Gasteiger partial charge in [-0.1, -0.05) is 25.0 Å². The van der Waals surface area contributed by atoms with E-state index < -0.39 is 10.9 Å². The molecule has 0 unspecified atom stereocenters. The Morgan fingerprint density at radius 1 is 1.23 bits per heavy atom. The van der Waals surface area contributed by atoms with Crippen molar-refractivity contribution in [3.8, 4) is 0 Å². The van der Waals surface area contributed by atoms with Gasteiger partial charge in [0.1, 0.15) is 10.7 Å². The monoisotopic (exact) mass is 346 g/mol. The quantitative estimate of drug-likeness (QED) is 0.799. The zero-order valence-corrected chi connectivity index (χ0v) is 14.1. The lowest BCUT2D eigenvalue weighted by Crippen LogP contribution is -2.43. The molecule has 1 aliphatic heterocycles. The van der Waals surface area contributed by atoms with E-state index in [1.165, 1.54) is 6.07 Å². The smallest absolute Gasteiger partial charge is 0.317 e. The summed E-state index contributed by atoms with van der Waals surface area (Å²) < 4.78 is 13.7. The van der Waals surface area contributed by atoms with Crippen LogP contribution < -0.4 is 5.32 Å². The van der Waals surface area contributed by atoms with Gasteiger partial charge in [-0.3, -0.25) is 0 Å². The zero-order chi connectivity index (χ0) is 16.1. The minimum Gasteiger partial charge on any atom is -0.328 e. The van der Waals surface area contributed by atoms with E-state index in [1.807, 2.05) is 0 Å². The van der Waals surface area contributed by atoms with Crippen LogP contribution in [0.15, 0.2) is 18.2 Å². The number of halogens is 3. The number of benzene rings is 1. The third-order valence-electron chi connectivity index (χ3n) is 3.98. The number of urea groups is 1. The second-order valence-corrected chi connectivity index (χ2v) is 6.84. The normalized spacial score (nSPS) is 17.2. The van der Waals surface area contributed by atoms with Crippen molar-refractivity contribution in [2.24, 2.45) is 0 Å². The second kappa shape index (κ2) is 8.02. The molecule has 1 aromatic carbocycles. The number of carbonyl (C=O) groups is 1. The molecule has 0 aliphatic carbocycles. The number of nitrogens with zero attached hydrogens (tertiary/aromatic N) is 1. The van der Waals surface area contributed by atoms with Crippen molar-refractivity contribution >= 4 is 29.2 Å². The highest BCUT2D eigenvalue weighted by Crippen LogP contribution is 2.26. The largest absolute Gasteiger partial charge is 0.328 e. The lowest BCUT2D eigenvalue weighted by Gasteiger charge is -2.26. The predicted molar refractivity (Wildman–Crippen MR) is 87.9 cm³/mol. The molecule has 0 spiro atoms.